The second kappa shape index (κ2) is 6.99. The van der Waals surface area contributed by atoms with E-state index in [4.69, 9.17) is 10.8 Å². The van der Waals surface area contributed by atoms with Crippen molar-refractivity contribution in [2.75, 3.05) is 6.61 Å². The number of carbonyl (C=O) groups is 1. The van der Waals surface area contributed by atoms with Crippen molar-refractivity contribution in [1.82, 2.24) is 9.55 Å². The van der Waals surface area contributed by atoms with Gasteiger partial charge in [-0.1, -0.05) is 6.92 Å². The first kappa shape index (κ1) is 15.1. The van der Waals surface area contributed by atoms with E-state index in [1.54, 1.807) is 6.92 Å². The standard InChI is InChI=1S/C14H20N2O6/c1-3-9(17)5-7-21-12-11(19)8(2)22-13(12)16-6-4-10(18)15-14(16)20/h4,6,8,11-13,19H,3,5,7H2,1-2H3,(H,15,18,20)/t8-,11-,12-,13-/m1/s1/i2D. The molecular formula is C14H20N2O6. The van der Waals surface area contributed by atoms with Crippen LogP contribution in [0.3, 0.4) is 0 Å². The molecule has 1 fully saturated rings. The number of rotatable bonds is 6. The van der Waals surface area contributed by atoms with Crippen molar-refractivity contribution in [2.45, 2.75) is 51.2 Å². The Bertz CT molecular complexity index is 657. The number of aliphatic hydroxyl groups excluding tert-OH is 1. The third-order valence-electron chi connectivity index (χ3n) is 3.52. The molecule has 8 heteroatoms. The van der Waals surface area contributed by atoms with Crippen LogP contribution in [0.5, 0.6) is 0 Å². The van der Waals surface area contributed by atoms with Crippen LogP contribution >= 0.6 is 0 Å². The van der Waals surface area contributed by atoms with Crippen LogP contribution < -0.4 is 11.2 Å². The molecular weight excluding hydrogens is 292 g/mol. The van der Waals surface area contributed by atoms with Gasteiger partial charge in [0.15, 0.2) is 6.23 Å². The van der Waals surface area contributed by atoms with Crippen LogP contribution in [0, 0.1) is 0 Å². The Kier molecular flexibility index (Phi) is 4.81. The van der Waals surface area contributed by atoms with E-state index in [-0.39, 0.29) is 25.7 Å². The van der Waals surface area contributed by atoms with Crippen molar-refractivity contribution in [1.29, 1.82) is 0 Å². The summed E-state index contributed by atoms with van der Waals surface area (Å²) in [5.41, 5.74) is -1.24. The van der Waals surface area contributed by atoms with Gasteiger partial charge in [-0.3, -0.25) is 19.1 Å². The summed E-state index contributed by atoms with van der Waals surface area (Å²) in [5.74, 6) is 0.0215. The lowest BCUT2D eigenvalue weighted by Crippen LogP contribution is -2.39. The minimum absolute atomic E-state index is 0.0215. The van der Waals surface area contributed by atoms with E-state index in [0.29, 0.717) is 6.42 Å². The van der Waals surface area contributed by atoms with Crippen molar-refractivity contribution in [3.8, 4) is 0 Å². The topological polar surface area (TPSA) is 111 Å². The summed E-state index contributed by atoms with van der Waals surface area (Å²) in [4.78, 5) is 36.5. The number of ether oxygens (including phenoxy) is 2. The van der Waals surface area contributed by atoms with Gasteiger partial charge in [0.05, 0.1) is 12.7 Å². The second-order valence-electron chi connectivity index (χ2n) is 5.05. The average Bonchev–Trinajstić information content (AvgIpc) is 2.83. The minimum atomic E-state index is -1.10. The van der Waals surface area contributed by atoms with Crippen LogP contribution in [-0.4, -0.2) is 45.4 Å². The number of aromatic nitrogens is 2. The SMILES string of the molecule is [2H]C[C@H]1O[C@@H](n2ccc(=O)[nH]c2=O)[C@H](OCCC(=O)CC)[C@@H]1O. The van der Waals surface area contributed by atoms with Crippen molar-refractivity contribution >= 4 is 5.78 Å². The molecule has 0 amide bonds. The molecule has 0 saturated carbocycles. The predicted molar refractivity (Wildman–Crippen MR) is 76.6 cm³/mol. The summed E-state index contributed by atoms with van der Waals surface area (Å²) in [7, 11) is 0. The molecule has 0 bridgehead atoms. The Morgan fingerprint density at radius 1 is 1.59 bits per heavy atom. The van der Waals surface area contributed by atoms with Crippen LogP contribution in [0.2, 0.25) is 0 Å². The fourth-order valence-corrected chi connectivity index (χ4v) is 2.24. The Morgan fingerprint density at radius 2 is 2.36 bits per heavy atom. The number of nitrogens with one attached hydrogen (secondary N) is 1. The maximum atomic E-state index is 11.9. The third-order valence-corrected chi connectivity index (χ3v) is 3.52. The molecule has 2 heterocycles. The number of carbonyl (C=O) groups excluding carboxylic acids is 1. The molecule has 1 aromatic rings. The van der Waals surface area contributed by atoms with Crippen LogP contribution in [0.4, 0.5) is 0 Å². The van der Waals surface area contributed by atoms with E-state index >= 15 is 0 Å². The molecule has 1 saturated heterocycles. The molecule has 1 aromatic heterocycles. The van der Waals surface area contributed by atoms with Gasteiger partial charge in [-0.15, -0.1) is 0 Å². The van der Waals surface area contributed by atoms with Gasteiger partial charge in [-0.25, -0.2) is 4.79 Å². The highest BCUT2D eigenvalue weighted by molar-refractivity contribution is 5.78. The molecule has 0 radical (unpaired) electrons. The third kappa shape index (κ3) is 3.52. The maximum absolute atomic E-state index is 11.9. The second-order valence-corrected chi connectivity index (χ2v) is 5.05. The number of aliphatic hydroxyl groups is 1. The summed E-state index contributed by atoms with van der Waals surface area (Å²) in [5, 5.41) is 10.2. The largest absolute Gasteiger partial charge is 0.388 e. The first-order valence-electron chi connectivity index (χ1n) is 7.76. The summed E-state index contributed by atoms with van der Waals surface area (Å²) < 4.78 is 19.6. The molecule has 8 nitrogen and oxygen atoms in total. The molecule has 4 atom stereocenters. The summed E-state index contributed by atoms with van der Waals surface area (Å²) in [6, 6.07) is 1.16. The molecule has 22 heavy (non-hydrogen) atoms. The molecule has 1 aliphatic heterocycles. The highest BCUT2D eigenvalue weighted by atomic mass is 16.6. The van der Waals surface area contributed by atoms with E-state index in [0.717, 1.165) is 10.6 Å². The molecule has 0 aromatic carbocycles. The van der Waals surface area contributed by atoms with Gasteiger partial charge in [0.25, 0.3) is 5.56 Å². The predicted octanol–water partition coefficient (Wildman–Crippen LogP) is -0.431. The molecule has 0 spiro atoms. The first-order valence-corrected chi connectivity index (χ1v) is 7.05. The van der Waals surface area contributed by atoms with Crippen LogP contribution in [-0.2, 0) is 14.3 Å². The van der Waals surface area contributed by atoms with Crippen molar-refractivity contribution in [2.24, 2.45) is 0 Å². The summed E-state index contributed by atoms with van der Waals surface area (Å²) in [6.45, 7) is 1.62. The van der Waals surface area contributed by atoms with Crippen LogP contribution in [0.15, 0.2) is 21.9 Å². The Labute approximate surface area is 128 Å². The molecule has 2 N–H and O–H groups in total. The zero-order valence-electron chi connectivity index (χ0n) is 13.2. The maximum Gasteiger partial charge on any atom is 0.330 e. The van der Waals surface area contributed by atoms with E-state index in [9.17, 15) is 19.5 Å². The van der Waals surface area contributed by atoms with Crippen molar-refractivity contribution in [3.63, 3.8) is 0 Å². The number of hydrogen-bond acceptors (Lipinski definition) is 6. The average molecular weight is 313 g/mol. The molecule has 0 unspecified atom stereocenters. The Balaban J connectivity index is 2.18. The quantitative estimate of drug-likeness (QED) is 0.737. The Hall–Kier alpha value is -1.77. The number of aromatic amines is 1. The molecule has 2 rings (SSSR count). The highest BCUT2D eigenvalue weighted by Gasteiger charge is 2.43. The number of nitrogens with zero attached hydrogens (tertiary/aromatic N) is 1. The number of H-pyrrole nitrogens is 1. The highest BCUT2D eigenvalue weighted by Crippen LogP contribution is 2.30. The van der Waals surface area contributed by atoms with E-state index in [2.05, 4.69) is 4.98 Å². The smallest absolute Gasteiger partial charge is 0.330 e. The fraction of sp³-hybridized carbons (Fsp3) is 0.643. The van der Waals surface area contributed by atoms with Gasteiger partial charge in [-0.2, -0.15) is 0 Å². The van der Waals surface area contributed by atoms with E-state index in [1.807, 2.05) is 0 Å². The zero-order valence-corrected chi connectivity index (χ0v) is 12.2. The number of hydrogen-bond donors (Lipinski definition) is 2. The fourth-order valence-electron chi connectivity index (χ4n) is 2.24. The lowest BCUT2D eigenvalue weighted by atomic mass is 10.1. The van der Waals surface area contributed by atoms with E-state index in [1.165, 1.54) is 6.20 Å². The number of Topliss-reactive ketones (excluding diaryl/α,β-unsaturated/α-hetero) is 1. The number of ketones is 1. The van der Waals surface area contributed by atoms with Gasteiger partial charge < -0.3 is 14.6 Å². The van der Waals surface area contributed by atoms with Crippen molar-refractivity contribution < 1.29 is 20.7 Å². The molecule has 0 aliphatic carbocycles. The van der Waals surface area contributed by atoms with Gasteiger partial charge in [0, 0.05) is 26.5 Å². The zero-order chi connectivity index (χ0) is 17.0. The summed E-state index contributed by atoms with van der Waals surface area (Å²) in [6.07, 6.45) is -1.96. The van der Waals surface area contributed by atoms with Gasteiger partial charge >= 0.3 is 5.69 Å². The lowest BCUT2D eigenvalue weighted by Gasteiger charge is -2.22. The Morgan fingerprint density at radius 3 is 3.00 bits per heavy atom. The molecule has 122 valence electrons. The normalized spacial score (nSPS) is 28.5. The monoisotopic (exact) mass is 313 g/mol. The first-order chi connectivity index (χ1) is 11.0. The lowest BCUT2D eigenvalue weighted by molar-refractivity contribution is -0.122. The van der Waals surface area contributed by atoms with Gasteiger partial charge in [0.2, 0.25) is 0 Å². The van der Waals surface area contributed by atoms with Crippen LogP contribution in [0.1, 0.15) is 34.3 Å². The minimum Gasteiger partial charge on any atom is -0.388 e. The van der Waals surface area contributed by atoms with Gasteiger partial charge in [0.1, 0.15) is 18.0 Å². The van der Waals surface area contributed by atoms with Gasteiger partial charge in [-0.05, 0) is 6.90 Å². The van der Waals surface area contributed by atoms with E-state index < -0.39 is 35.8 Å². The van der Waals surface area contributed by atoms with Crippen LogP contribution in [0.25, 0.3) is 0 Å². The summed E-state index contributed by atoms with van der Waals surface area (Å²) >= 11 is 0. The van der Waals surface area contributed by atoms with Crippen molar-refractivity contribution in [3.05, 3.63) is 33.1 Å². The molecule has 1 aliphatic rings.